The number of rotatable bonds is 0. The maximum atomic E-state index is 11.6. The lowest BCUT2D eigenvalue weighted by atomic mass is 9.81. The van der Waals surface area contributed by atoms with Crippen LogP contribution in [0.15, 0.2) is 24.3 Å². The highest BCUT2D eigenvalue weighted by atomic mass is 19.4. The maximum absolute atomic E-state index is 11.6. The Bertz CT molecular complexity index is 962. The van der Waals surface area contributed by atoms with E-state index in [1.165, 1.54) is 41.2 Å². The highest BCUT2D eigenvalue weighted by Gasteiger charge is 2.64. The second-order valence-corrected chi connectivity index (χ2v) is 21.7. The Labute approximate surface area is 348 Å². The van der Waals surface area contributed by atoms with Crippen molar-refractivity contribution >= 4 is 0 Å². The predicted molar refractivity (Wildman–Crippen MR) is 241 cm³/mol. The van der Waals surface area contributed by atoms with Gasteiger partial charge in [0.1, 0.15) is 0 Å². The molecule has 1 aromatic carbocycles. The first-order valence-corrected chi connectivity index (χ1v) is 22.1. The van der Waals surface area contributed by atoms with E-state index >= 15 is 0 Å². The molecule has 0 aromatic heterocycles. The van der Waals surface area contributed by atoms with Gasteiger partial charge in [0.25, 0.3) is 0 Å². The molecule has 2 bridgehead atoms. The number of halogens is 6. The molecule has 4 atom stereocenters. The third-order valence-corrected chi connectivity index (χ3v) is 8.36. The zero-order chi connectivity index (χ0) is 46.3. The van der Waals surface area contributed by atoms with E-state index in [4.69, 9.17) is 0 Å². The molecule has 56 heavy (non-hydrogen) atoms. The lowest BCUT2D eigenvalue weighted by Gasteiger charge is -2.29. The molecule has 340 valence electrons. The molecule has 6 heteroatoms. The molecule has 0 amide bonds. The van der Waals surface area contributed by atoms with E-state index in [1.54, 1.807) is 38.5 Å². The zero-order valence-corrected chi connectivity index (χ0v) is 41.9. The van der Waals surface area contributed by atoms with E-state index < -0.39 is 17.8 Å². The first-order valence-electron chi connectivity index (χ1n) is 22.1. The second kappa shape index (κ2) is 28.3. The van der Waals surface area contributed by atoms with Crippen molar-refractivity contribution in [1.82, 2.24) is 0 Å². The Morgan fingerprint density at radius 1 is 0.518 bits per heavy atom. The van der Waals surface area contributed by atoms with Crippen LogP contribution >= 0.6 is 0 Å². The summed E-state index contributed by atoms with van der Waals surface area (Å²) in [6.45, 7) is 50.0. The van der Waals surface area contributed by atoms with E-state index in [2.05, 4.69) is 156 Å². The Morgan fingerprint density at radius 2 is 0.750 bits per heavy atom. The molecule has 4 unspecified atom stereocenters. The van der Waals surface area contributed by atoms with Gasteiger partial charge in [-0.15, -0.1) is 0 Å². The predicted octanol–water partition coefficient (Wildman–Crippen LogP) is 19.5. The van der Waals surface area contributed by atoms with Gasteiger partial charge in [0.15, 0.2) is 5.41 Å². The zero-order valence-electron chi connectivity index (χ0n) is 41.9. The van der Waals surface area contributed by atoms with Gasteiger partial charge in [-0.3, -0.25) is 0 Å². The van der Waals surface area contributed by atoms with Gasteiger partial charge in [0.2, 0.25) is 0 Å². The SMILES string of the molecule is C1CC2C3CCC(C3)C2C1.CC.CC.CC(C)(C(F)(F)F)C(F)(F)F.CC(C)(C)C.CC(C)(C)C.CC(C)(C)c1cccc(C(C)(C)C)c1.CC(C)C.CCC. The lowest BCUT2D eigenvalue weighted by Crippen LogP contribution is -2.44. The summed E-state index contributed by atoms with van der Waals surface area (Å²) in [5.74, 6) is 5.63. The van der Waals surface area contributed by atoms with Gasteiger partial charge >= 0.3 is 12.4 Å². The van der Waals surface area contributed by atoms with Crippen LogP contribution in [-0.2, 0) is 10.8 Å². The third kappa shape index (κ3) is 32.7. The Balaban J connectivity index is -0.000000188. The summed E-state index contributed by atoms with van der Waals surface area (Å²) in [4.78, 5) is 0. The average molecular weight is 813 g/mol. The van der Waals surface area contributed by atoms with Crippen molar-refractivity contribution in [2.75, 3.05) is 0 Å². The van der Waals surface area contributed by atoms with E-state index in [0.717, 1.165) is 5.92 Å². The van der Waals surface area contributed by atoms with Crippen LogP contribution in [0.5, 0.6) is 0 Å². The van der Waals surface area contributed by atoms with Gasteiger partial charge in [-0.25, -0.2) is 0 Å². The second-order valence-electron chi connectivity index (χ2n) is 21.7. The summed E-state index contributed by atoms with van der Waals surface area (Å²) >= 11 is 0. The summed E-state index contributed by atoms with van der Waals surface area (Å²) in [5.41, 5.74) is 0.720. The molecule has 0 N–H and O–H groups in total. The summed E-state index contributed by atoms with van der Waals surface area (Å²) < 4.78 is 69.7. The van der Waals surface area contributed by atoms with Gasteiger partial charge in [-0.2, -0.15) is 26.3 Å². The van der Waals surface area contributed by atoms with Crippen LogP contribution in [0.4, 0.5) is 26.3 Å². The minimum atomic E-state index is -5.24. The topological polar surface area (TPSA) is 0 Å². The van der Waals surface area contributed by atoms with Gasteiger partial charge in [-0.05, 0) is 108 Å². The first kappa shape index (κ1) is 64.0. The molecule has 0 nitrogen and oxygen atoms in total. The standard InChI is InChI=1S/C14H22.C10H16.C5H6F6.2C5H12.C4H10.C3H8.2C2H6/c1-13(2,3)11-8-7-9-12(10-11)14(4,5)6;1-2-9-7-4-5-8(6-7)10(9)3-1;1-3(2,4(6,7)8)5(9,10)11;2*1-5(2,3)4;1-4(2)3;1-3-2;2*1-2/h7-10H,1-6H3;7-10H,1-6H2;1-2H3;2*1-4H3;4H,1-3H3;3H2,1-2H3;2*1-2H3. The van der Waals surface area contributed by atoms with Crippen molar-refractivity contribution in [1.29, 1.82) is 0 Å². The van der Waals surface area contributed by atoms with Crippen molar-refractivity contribution in [2.24, 2.45) is 45.8 Å². The Hall–Kier alpha value is -1.20. The van der Waals surface area contributed by atoms with Crippen molar-refractivity contribution in [3.8, 4) is 0 Å². The molecule has 3 aliphatic carbocycles. The summed E-state index contributed by atoms with van der Waals surface area (Å²) in [7, 11) is 0. The monoisotopic (exact) mass is 813 g/mol. The highest BCUT2D eigenvalue weighted by molar-refractivity contribution is 5.32. The van der Waals surface area contributed by atoms with E-state index in [0.29, 0.717) is 10.8 Å². The van der Waals surface area contributed by atoms with Crippen molar-refractivity contribution in [3.05, 3.63) is 35.4 Å². The van der Waals surface area contributed by atoms with Crippen LogP contribution in [0, 0.1) is 45.8 Å². The number of hydrogen-bond acceptors (Lipinski definition) is 0. The minimum absolute atomic E-state index is 0.104. The molecule has 0 heterocycles. The lowest BCUT2D eigenvalue weighted by molar-refractivity contribution is -0.327. The fraction of sp³-hybridized carbons (Fsp3) is 0.880. The largest absolute Gasteiger partial charge is 0.402 e. The molecule has 0 aliphatic heterocycles. The van der Waals surface area contributed by atoms with Gasteiger partial charge in [0.05, 0.1) is 0 Å². The van der Waals surface area contributed by atoms with Crippen molar-refractivity contribution in [3.63, 3.8) is 0 Å². The van der Waals surface area contributed by atoms with Crippen LogP contribution in [0.3, 0.4) is 0 Å². The number of hydrogen-bond donors (Lipinski definition) is 0. The van der Waals surface area contributed by atoms with E-state index in [1.807, 2.05) is 27.7 Å². The van der Waals surface area contributed by atoms with Crippen LogP contribution in [0.1, 0.15) is 229 Å². The molecule has 0 radical (unpaired) electrons. The average Bonchev–Trinajstić information content (AvgIpc) is 3.73. The van der Waals surface area contributed by atoms with Gasteiger partial charge in [0, 0.05) is 0 Å². The smallest absolute Gasteiger partial charge is 0.170 e. The molecule has 4 rings (SSSR count). The van der Waals surface area contributed by atoms with Crippen LogP contribution in [-0.4, -0.2) is 12.4 Å². The molecule has 3 saturated carbocycles. The summed E-state index contributed by atoms with van der Waals surface area (Å²) in [6.07, 6.45) is 0.295. The minimum Gasteiger partial charge on any atom is -0.170 e. The van der Waals surface area contributed by atoms with Crippen LogP contribution < -0.4 is 0 Å². The number of alkyl halides is 6. The Morgan fingerprint density at radius 3 is 0.929 bits per heavy atom. The highest BCUT2D eigenvalue weighted by Crippen LogP contribution is 2.58. The summed E-state index contributed by atoms with van der Waals surface area (Å²) in [5, 5.41) is 0. The quantitative estimate of drug-likeness (QED) is 0.229. The molecular formula is C50H98F6. The van der Waals surface area contributed by atoms with E-state index in [-0.39, 0.29) is 24.7 Å². The van der Waals surface area contributed by atoms with Crippen molar-refractivity contribution < 1.29 is 26.3 Å². The van der Waals surface area contributed by atoms with Gasteiger partial charge < -0.3 is 0 Å². The molecular weight excluding hydrogens is 715 g/mol. The van der Waals surface area contributed by atoms with E-state index in [9.17, 15) is 26.3 Å². The Kier molecular flexibility index (Phi) is 32.3. The molecule has 1 aromatic rings. The fourth-order valence-electron chi connectivity index (χ4n) is 5.63. The molecule has 3 fully saturated rings. The number of benzene rings is 1. The molecule has 0 spiro atoms. The third-order valence-electron chi connectivity index (χ3n) is 8.36. The first-order chi connectivity index (χ1) is 24.8. The van der Waals surface area contributed by atoms with Crippen molar-refractivity contribution in [2.45, 2.75) is 241 Å². The maximum Gasteiger partial charge on any atom is 0.402 e. The normalized spacial score (nSPS) is 19.9. The van der Waals surface area contributed by atoms with Crippen LogP contribution in [0.25, 0.3) is 0 Å². The van der Waals surface area contributed by atoms with Gasteiger partial charge in [-0.1, -0.05) is 196 Å². The number of fused-ring (bicyclic) bond motifs is 5. The fourth-order valence-corrected chi connectivity index (χ4v) is 5.63. The molecule has 3 aliphatic rings. The summed E-state index contributed by atoms with van der Waals surface area (Å²) in [6, 6.07) is 8.94. The van der Waals surface area contributed by atoms with Crippen LogP contribution in [0.2, 0.25) is 0 Å². The molecule has 0 saturated heterocycles.